The largest absolute Gasteiger partial charge is 0.502 e. The van der Waals surface area contributed by atoms with Gasteiger partial charge in [0.2, 0.25) is 5.43 Å². The standard InChI is InChI=1S/C27H29N3O4/c1-3-22(13-9-17-34-24-14-8-7-10-20(24)2)29-19-28(18-21-11-5-4-6-12-21)30-16-15-23(31)26(32)25(30)27(29)33/h4-16,22,32H,3,17-19H2,1-2H3/b13-9+. The van der Waals surface area contributed by atoms with Crippen LogP contribution in [0.3, 0.4) is 0 Å². The molecule has 2 heterocycles. The van der Waals surface area contributed by atoms with E-state index in [2.05, 4.69) is 0 Å². The Bertz CT molecular complexity index is 1240. The Morgan fingerprint density at radius 3 is 2.53 bits per heavy atom. The number of hydrogen-bond donors (Lipinski definition) is 1. The zero-order valence-electron chi connectivity index (χ0n) is 19.4. The third-order valence-corrected chi connectivity index (χ3v) is 5.95. The van der Waals surface area contributed by atoms with Gasteiger partial charge < -0.3 is 14.7 Å². The van der Waals surface area contributed by atoms with Crippen molar-refractivity contribution in [3.05, 3.63) is 106 Å². The number of aromatic nitrogens is 1. The van der Waals surface area contributed by atoms with E-state index in [9.17, 15) is 14.7 Å². The average Bonchev–Trinajstić information content (AvgIpc) is 2.85. The first-order valence-electron chi connectivity index (χ1n) is 11.4. The molecule has 0 bridgehead atoms. The van der Waals surface area contributed by atoms with Crippen molar-refractivity contribution in [2.45, 2.75) is 32.9 Å². The SMILES string of the molecule is CCC(/C=C/COc1ccccc1C)N1CN(Cc2ccccc2)n2ccc(=O)c(O)c2C1=O. The summed E-state index contributed by atoms with van der Waals surface area (Å²) in [5.41, 5.74) is 1.52. The molecule has 1 unspecified atom stereocenters. The van der Waals surface area contributed by atoms with Crippen LogP contribution in [0.1, 0.15) is 35.0 Å². The average molecular weight is 460 g/mol. The molecule has 0 fully saturated rings. The number of carbonyl (C=O) groups is 1. The van der Waals surface area contributed by atoms with E-state index in [4.69, 9.17) is 4.74 Å². The van der Waals surface area contributed by atoms with Gasteiger partial charge in [0, 0.05) is 12.3 Å². The van der Waals surface area contributed by atoms with Crippen molar-refractivity contribution in [3.63, 3.8) is 0 Å². The van der Waals surface area contributed by atoms with Crippen molar-refractivity contribution in [3.8, 4) is 11.5 Å². The fraction of sp³-hybridized carbons (Fsp3) is 0.259. The van der Waals surface area contributed by atoms with Crippen LogP contribution < -0.4 is 15.2 Å². The summed E-state index contributed by atoms with van der Waals surface area (Å²) in [6, 6.07) is 18.7. The topological polar surface area (TPSA) is 75.0 Å². The molecule has 0 radical (unpaired) electrons. The number of carbonyl (C=O) groups excluding carboxylic acids is 1. The highest BCUT2D eigenvalue weighted by Gasteiger charge is 2.34. The molecule has 7 nitrogen and oxygen atoms in total. The molecule has 0 aliphatic carbocycles. The lowest BCUT2D eigenvalue weighted by Crippen LogP contribution is -2.56. The minimum Gasteiger partial charge on any atom is -0.502 e. The second-order valence-electron chi connectivity index (χ2n) is 8.27. The quantitative estimate of drug-likeness (QED) is 0.518. The Balaban J connectivity index is 1.58. The molecule has 1 atom stereocenters. The molecule has 4 rings (SSSR count). The van der Waals surface area contributed by atoms with E-state index < -0.39 is 11.2 Å². The third-order valence-electron chi connectivity index (χ3n) is 5.95. The van der Waals surface area contributed by atoms with E-state index in [0.29, 0.717) is 26.2 Å². The van der Waals surface area contributed by atoms with Gasteiger partial charge in [0.15, 0.2) is 11.4 Å². The Kier molecular flexibility index (Phi) is 7.01. The fourth-order valence-corrected chi connectivity index (χ4v) is 4.10. The van der Waals surface area contributed by atoms with Gasteiger partial charge in [-0.15, -0.1) is 0 Å². The van der Waals surface area contributed by atoms with Crippen molar-refractivity contribution in [1.82, 2.24) is 9.58 Å². The molecule has 1 amide bonds. The zero-order chi connectivity index (χ0) is 24.1. The number of pyridine rings is 1. The molecule has 1 N–H and O–H groups in total. The van der Waals surface area contributed by atoms with E-state index in [1.807, 2.05) is 85.6 Å². The van der Waals surface area contributed by atoms with E-state index in [0.717, 1.165) is 16.9 Å². The predicted octanol–water partition coefficient (Wildman–Crippen LogP) is 3.83. The number of hydrogen-bond acceptors (Lipinski definition) is 5. The van der Waals surface area contributed by atoms with Gasteiger partial charge in [0.05, 0.1) is 12.6 Å². The third kappa shape index (κ3) is 4.83. The minimum absolute atomic E-state index is 0.0160. The zero-order valence-corrected chi connectivity index (χ0v) is 19.4. The van der Waals surface area contributed by atoms with E-state index >= 15 is 0 Å². The van der Waals surface area contributed by atoms with E-state index in [-0.39, 0.29) is 17.6 Å². The van der Waals surface area contributed by atoms with Crippen molar-refractivity contribution in [2.75, 3.05) is 18.3 Å². The molecular formula is C27H29N3O4. The van der Waals surface area contributed by atoms with Gasteiger partial charge in [0.1, 0.15) is 19.0 Å². The highest BCUT2D eigenvalue weighted by Crippen LogP contribution is 2.24. The second kappa shape index (κ2) is 10.3. The van der Waals surface area contributed by atoms with Gasteiger partial charge in [0.25, 0.3) is 5.91 Å². The highest BCUT2D eigenvalue weighted by atomic mass is 16.5. The van der Waals surface area contributed by atoms with E-state index in [1.54, 1.807) is 15.8 Å². The number of ether oxygens (including phenoxy) is 1. The van der Waals surface area contributed by atoms with Crippen molar-refractivity contribution >= 4 is 5.91 Å². The Morgan fingerprint density at radius 2 is 1.79 bits per heavy atom. The number of amides is 1. The first kappa shape index (κ1) is 23.2. The van der Waals surface area contributed by atoms with Crippen LogP contribution in [-0.4, -0.2) is 39.9 Å². The van der Waals surface area contributed by atoms with Crippen LogP contribution >= 0.6 is 0 Å². The van der Waals surface area contributed by atoms with E-state index in [1.165, 1.54) is 6.07 Å². The molecular weight excluding hydrogens is 430 g/mol. The molecule has 0 spiro atoms. The minimum atomic E-state index is -0.573. The van der Waals surface area contributed by atoms with Crippen LogP contribution in [0.5, 0.6) is 11.5 Å². The maximum Gasteiger partial charge on any atom is 0.278 e. The Labute approximate surface area is 199 Å². The van der Waals surface area contributed by atoms with Crippen LogP contribution in [0.4, 0.5) is 0 Å². The van der Waals surface area contributed by atoms with Gasteiger partial charge >= 0.3 is 0 Å². The molecule has 176 valence electrons. The lowest BCUT2D eigenvalue weighted by Gasteiger charge is -2.42. The molecule has 7 heteroatoms. The van der Waals surface area contributed by atoms with Gasteiger partial charge in [-0.05, 0) is 36.6 Å². The summed E-state index contributed by atoms with van der Waals surface area (Å²) >= 11 is 0. The Hall–Kier alpha value is -4.00. The van der Waals surface area contributed by atoms with Crippen LogP contribution in [0.25, 0.3) is 0 Å². The normalized spacial score (nSPS) is 14.4. The number of nitrogens with zero attached hydrogens (tertiary/aromatic N) is 3. The molecule has 1 aliphatic rings. The predicted molar refractivity (Wildman–Crippen MR) is 132 cm³/mol. The first-order chi connectivity index (χ1) is 16.5. The maximum absolute atomic E-state index is 13.4. The van der Waals surface area contributed by atoms with Gasteiger partial charge in [-0.2, -0.15) is 0 Å². The van der Waals surface area contributed by atoms with Gasteiger partial charge in [-0.1, -0.05) is 61.5 Å². The number of para-hydroxylation sites is 1. The molecule has 1 aliphatic heterocycles. The summed E-state index contributed by atoms with van der Waals surface area (Å²) in [6.45, 7) is 5.19. The second-order valence-corrected chi connectivity index (χ2v) is 8.27. The van der Waals surface area contributed by atoms with Crippen LogP contribution in [0.15, 0.2) is 83.8 Å². The summed E-state index contributed by atoms with van der Waals surface area (Å²) < 4.78 is 7.43. The summed E-state index contributed by atoms with van der Waals surface area (Å²) in [4.78, 5) is 27.2. The van der Waals surface area contributed by atoms with Gasteiger partial charge in [-0.25, -0.2) is 0 Å². The smallest absolute Gasteiger partial charge is 0.278 e. The molecule has 0 saturated heterocycles. The summed E-state index contributed by atoms with van der Waals surface area (Å²) in [5, 5.41) is 12.4. The summed E-state index contributed by atoms with van der Waals surface area (Å²) in [6.07, 6.45) is 6.07. The fourth-order valence-electron chi connectivity index (χ4n) is 4.10. The molecule has 34 heavy (non-hydrogen) atoms. The number of rotatable bonds is 8. The van der Waals surface area contributed by atoms with Crippen LogP contribution in [0.2, 0.25) is 0 Å². The molecule has 1 aromatic heterocycles. The number of aryl methyl sites for hydroxylation is 1. The van der Waals surface area contributed by atoms with Crippen LogP contribution in [0, 0.1) is 6.92 Å². The summed E-state index contributed by atoms with van der Waals surface area (Å²) in [7, 11) is 0. The van der Waals surface area contributed by atoms with Gasteiger partial charge in [-0.3, -0.25) is 19.3 Å². The molecule has 2 aromatic carbocycles. The first-order valence-corrected chi connectivity index (χ1v) is 11.4. The molecule has 3 aromatic rings. The molecule has 0 saturated carbocycles. The number of fused-ring (bicyclic) bond motifs is 1. The van der Waals surface area contributed by atoms with Crippen molar-refractivity contribution < 1.29 is 14.6 Å². The lowest BCUT2D eigenvalue weighted by atomic mass is 10.1. The lowest BCUT2D eigenvalue weighted by molar-refractivity contribution is 0.0631. The maximum atomic E-state index is 13.4. The van der Waals surface area contributed by atoms with Crippen LogP contribution in [-0.2, 0) is 6.54 Å². The number of aromatic hydroxyl groups is 1. The Morgan fingerprint density at radius 1 is 1.06 bits per heavy atom. The van der Waals surface area contributed by atoms with Crippen molar-refractivity contribution in [1.29, 1.82) is 0 Å². The highest BCUT2D eigenvalue weighted by molar-refractivity contribution is 5.96. The number of benzene rings is 2. The summed E-state index contributed by atoms with van der Waals surface area (Å²) in [5.74, 6) is -0.0886. The monoisotopic (exact) mass is 459 g/mol. The van der Waals surface area contributed by atoms with Crippen molar-refractivity contribution in [2.24, 2.45) is 0 Å².